The molecule has 2 fully saturated rings. The number of hydrogen-bond donors (Lipinski definition) is 0. The van der Waals surface area contributed by atoms with E-state index in [4.69, 9.17) is 4.74 Å². The molecule has 0 aliphatic carbocycles. The molecule has 0 N–H and O–H groups in total. The van der Waals surface area contributed by atoms with E-state index in [0.29, 0.717) is 26.2 Å². The highest BCUT2D eigenvalue weighted by Crippen LogP contribution is 2.41. The highest BCUT2D eigenvalue weighted by molar-refractivity contribution is 7.90. The second-order valence-electron chi connectivity index (χ2n) is 9.18. The number of benzene rings is 2. The van der Waals surface area contributed by atoms with Gasteiger partial charge in [0.15, 0.2) is 16.4 Å². The lowest BCUT2D eigenvalue weighted by Crippen LogP contribution is -2.46. The summed E-state index contributed by atoms with van der Waals surface area (Å²) >= 11 is 0. The fourth-order valence-electron chi connectivity index (χ4n) is 4.83. The maximum atomic E-state index is 13.1. The molecule has 2 aliphatic heterocycles. The molecule has 0 unspecified atom stereocenters. The van der Waals surface area contributed by atoms with Crippen LogP contribution in [0.25, 0.3) is 0 Å². The number of sulfone groups is 1. The zero-order valence-corrected chi connectivity index (χ0v) is 19.9. The lowest BCUT2D eigenvalue weighted by Gasteiger charge is -2.39. The highest BCUT2D eigenvalue weighted by Gasteiger charge is 2.43. The molecule has 2 saturated heterocycles. The Balaban J connectivity index is 1.34. The molecule has 8 heteroatoms. The number of carbonyl (C=O) groups excluding carboxylic acids is 2. The molecule has 2 aliphatic rings. The number of hydrogen-bond acceptors (Lipinski definition) is 5. The Morgan fingerprint density at radius 2 is 1.55 bits per heavy atom. The van der Waals surface area contributed by atoms with E-state index in [1.807, 2.05) is 36.1 Å². The van der Waals surface area contributed by atoms with Gasteiger partial charge in [-0.1, -0.05) is 30.3 Å². The third-order valence-electron chi connectivity index (χ3n) is 6.86. The third kappa shape index (κ3) is 5.05. The van der Waals surface area contributed by atoms with Crippen LogP contribution in [0.5, 0.6) is 5.75 Å². The van der Waals surface area contributed by atoms with Crippen LogP contribution in [0.15, 0.2) is 53.4 Å². The van der Waals surface area contributed by atoms with Crippen molar-refractivity contribution < 1.29 is 22.7 Å². The van der Waals surface area contributed by atoms with Crippen molar-refractivity contribution >= 4 is 21.7 Å². The second-order valence-corrected chi connectivity index (χ2v) is 11.2. The predicted molar refractivity (Wildman–Crippen MR) is 125 cm³/mol. The molecule has 0 bridgehead atoms. The first-order valence-electron chi connectivity index (χ1n) is 11.2. The van der Waals surface area contributed by atoms with E-state index in [2.05, 4.69) is 0 Å². The van der Waals surface area contributed by atoms with Crippen molar-refractivity contribution in [2.75, 3.05) is 39.0 Å². The van der Waals surface area contributed by atoms with Gasteiger partial charge in [0.1, 0.15) is 5.75 Å². The Hall–Kier alpha value is -2.87. The molecule has 2 amide bonds. The van der Waals surface area contributed by atoms with E-state index in [9.17, 15) is 18.0 Å². The largest absolute Gasteiger partial charge is 0.484 e. The molecular formula is C25H30N2O5S. The van der Waals surface area contributed by atoms with E-state index < -0.39 is 9.84 Å². The number of likely N-dealkylation sites (tertiary alicyclic amines) is 2. The van der Waals surface area contributed by atoms with Crippen molar-refractivity contribution in [3.05, 3.63) is 59.7 Å². The van der Waals surface area contributed by atoms with Crippen molar-refractivity contribution in [3.63, 3.8) is 0 Å². The first-order chi connectivity index (χ1) is 15.7. The average Bonchev–Trinajstić information content (AvgIpc) is 3.21. The van der Waals surface area contributed by atoms with Gasteiger partial charge in [-0.2, -0.15) is 0 Å². The van der Waals surface area contributed by atoms with Gasteiger partial charge in [-0.25, -0.2) is 8.42 Å². The molecular weight excluding hydrogens is 440 g/mol. The number of rotatable bonds is 5. The summed E-state index contributed by atoms with van der Waals surface area (Å²) in [6, 6.07) is 14.0. The molecule has 0 saturated carbocycles. The topological polar surface area (TPSA) is 84.0 Å². The molecule has 2 aromatic rings. The van der Waals surface area contributed by atoms with Crippen molar-refractivity contribution in [2.24, 2.45) is 5.41 Å². The molecule has 4 rings (SSSR count). The molecule has 33 heavy (non-hydrogen) atoms. The van der Waals surface area contributed by atoms with Crippen LogP contribution in [0.1, 0.15) is 35.2 Å². The summed E-state index contributed by atoms with van der Waals surface area (Å²) in [6.07, 6.45) is 3.63. The van der Waals surface area contributed by atoms with Gasteiger partial charge in [0, 0.05) is 32.4 Å². The van der Waals surface area contributed by atoms with Gasteiger partial charge in [0.25, 0.3) is 11.8 Å². The number of carbonyl (C=O) groups is 2. The van der Waals surface area contributed by atoms with Crippen molar-refractivity contribution in [3.8, 4) is 5.75 Å². The lowest BCUT2D eigenvalue weighted by molar-refractivity contribution is -0.135. The zero-order valence-electron chi connectivity index (χ0n) is 19.1. The Kier molecular flexibility index (Phi) is 6.47. The minimum absolute atomic E-state index is 0.0186. The second kappa shape index (κ2) is 9.17. The first-order valence-corrected chi connectivity index (χ1v) is 13.1. The summed E-state index contributed by atoms with van der Waals surface area (Å²) in [5.74, 6) is 0.456. The monoisotopic (exact) mass is 470 g/mol. The smallest absolute Gasteiger partial charge is 0.260 e. The van der Waals surface area contributed by atoms with Gasteiger partial charge in [0.2, 0.25) is 0 Å². The van der Waals surface area contributed by atoms with E-state index in [1.54, 1.807) is 23.1 Å². The van der Waals surface area contributed by atoms with E-state index in [1.165, 1.54) is 6.07 Å². The third-order valence-corrected chi connectivity index (χ3v) is 8.02. The molecule has 0 aromatic heterocycles. The summed E-state index contributed by atoms with van der Waals surface area (Å²) < 4.78 is 29.9. The van der Waals surface area contributed by atoms with Gasteiger partial charge in [-0.15, -0.1) is 0 Å². The number of ether oxygens (including phenoxy) is 1. The fourth-order valence-corrected chi connectivity index (χ4v) is 5.71. The zero-order chi connectivity index (χ0) is 23.6. The molecule has 2 heterocycles. The van der Waals surface area contributed by atoms with Gasteiger partial charge < -0.3 is 14.5 Å². The molecule has 0 radical (unpaired) electrons. The van der Waals surface area contributed by atoms with Gasteiger partial charge in [-0.05, 0) is 55.4 Å². The number of para-hydroxylation sites is 1. The van der Waals surface area contributed by atoms with E-state index in [0.717, 1.165) is 36.8 Å². The standard InChI is InChI=1S/C25H30N2O5S/c1-19-7-3-5-9-21(19)32-17-23(28)26-14-11-25(12-15-26)13-16-27(18-25)24(29)20-8-4-6-10-22(20)33(2,30)31/h3-10H,11-18H2,1-2H3. The Labute approximate surface area is 195 Å². The Bertz CT molecular complexity index is 1150. The highest BCUT2D eigenvalue weighted by atomic mass is 32.2. The van der Waals surface area contributed by atoms with E-state index >= 15 is 0 Å². The van der Waals surface area contributed by atoms with Crippen molar-refractivity contribution in [1.29, 1.82) is 0 Å². The van der Waals surface area contributed by atoms with Crippen LogP contribution in [0.2, 0.25) is 0 Å². The number of aryl methyl sites for hydroxylation is 1. The van der Waals surface area contributed by atoms with Gasteiger partial charge in [0.05, 0.1) is 10.5 Å². The van der Waals surface area contributed by atoms with E-state index in [-0.39, 0.29) is 34.3 Å². The summed E-state index contributed by atoms with van der Waals surface area (Å²) in [5.41, 5.74) is 1.21. The van der Waals surface area contributed by atoms with Crippen LogP contribution in [-0.2, 0) is 14.6 Å². The summed E-state index contributed by atoms with van der Waals surface area (Å²) in [5, 5.41) is 0. The maximum absolute atomic E-state index is 13.1. The minimum atomic E-state index is -3.49. The lowest BCUT2D eigenvalue weighted by atomic mass is 9.78. The summed E-state index contributed by atoms with van der Waals surface area (Å²) in [6.45, 7) is 4.43. The average molecular weight is 471 g/mol. The predicted octanol–water partition coefficient (Wildman–Crippen LogP) is 2.93. The minimum Gasteiger partial charge on any atom is -0.484 e. The maximum Gasteiger partial charge on any atom is 0.260 e. The summed E-state index contributed by atoms with van der Waals surface area (Å²) in [4.78, 5) is 29.5. The van der Waals surface area contributed by atoms with Crippen LogP contribution in [0, 0.1) is 12.3 Å². The number of piperidine rings is 1. The van der Waals surface area contributed by atoms with Gasteiger partial charge >= 0.3 is 0 Å². The number of nitrogens with zero attached hydrogens (tertiary/aromatic N) is 2. The van der Waals surface area contributed by atoms with Crippen molar-refractivity contribution in [2.45, 2.75) is 31.1 Å². The molecule has 1 spiro atoms. The van der Waals surface area contributed by atoms with Crippen LogP contribution in [0.3, 0.4) is 0 Å². The summed E-state index contributed by atoms with van der Waals surface area (Å²) in [7, 11) is -3.49. The molecule has 7 nitrogen and oxygen atoms in total. The molecule has 0 atom stereocenters. The van der Waals surface area contributed by atoms with Crippen LogP contribution in [0.4, 0.5) is 0 Å². The van der Waals surface area contributed by atoms with Crippen LogP contribution < -0.4 is 4.74 Å². The first kappa shape index (κ1) is 23.3. The van der Waals surface area contributed by atoms with Crippen LogP contribution in [-0.4, -0.2) is 69.1 Å². The fraction of sp³-hybridized carbons (Fsp3) is 0.440. The Morgan fingerprint density at radius 1 is 0.939 bits per heavy atom. The molecule has 2 aromatic carbocycles. The van der Waals surface area contributed by atoms with Crippen molar-refractivity contribution in [1.82, 2.24) is 9.80 Å². The van der Waals surface area contributed by atoms with Crippen LogP contribution >= 0.6 is 0 Å². The SMILES string of the molecule is Cc1ccccc1OCC(=O)N1CCC2(CC1)CCN(C(=O)c1ccccc1S(C)(=O)=O)C2. The van der Waals surface area contributed by atoms with Gasteiger partial charge in [-0.3, -0.25) is 9.59 Å². The quantitative estimate of drug-likeness (QED) is 0.671. The molecule has 176 valence electrons. The normalized spacial score (nSPS) is 17.9. The number of amides is 2. The Morgan fingerprint density at radius 3 is 2.21 bits per heavy atom.